The Kier molecular flexibility index (Phi) is 6.50. The molecule has 0 spiro atoms. The van der Waals surface area contributed by atoms with Gasteiger partial charge in [-0.3, -0.25) is 4.79 Å². The second-order valence-electron chi connectivity index (χ2n) is 7.86. The van der Waals surface area contributed by atoms with E-state index < -0.39 is 0 Å². The molecule has 0 amide bonds. The number of thioether (sulfide) groups is 1. The van der Waals surface area contributed by atoms with Gasteiger partial charge in [0.15, 0.2) is 5.76 Å². The molecule has 2 unspecified atom stereocenters. The zero-order valence-electron chi connectivity index (χ0n) is 17.3. The monoisotopic (exact) mass is 414 g/mol. The van der Waals surface area contributed by atoms with Crippen molar-refractivity contribution in [3.8, 4) is 5.75 Å². The average molecular weight is 415 g/mol. The summed E-state index contributed by atoms with van der Waals surface area (Å²) in [4.78, 5) is 17.5. The minimum Gasteiger partial charge on any atom is -0.494 e. The van der Waals surface area contributed by atoms with Crippen LogP contribution in [0.15, 0.2) is 41.5 Å². The summed E-state index contributed by atoms with van der Waals surface area (Å²) in [6.45, 7) is 4.30. The summed E-state index contributed by atoms with van der Waals surface area (Å²) in [6, 6.07) is 8.08. The number of benzene rings is 1. The van der Waals surface area contributed by atoms with Crippen LogP contribution in [0.25, 0.3) is 5.70 Å². The van der Waals surface area contributed by atoms with Crippen molar-refractivity contribution in [2.24, 2.45) is 0 Å². The summed E-state index contributed by atoms with van der Waals surface area (Å²) >= 11 is 1.57. The first-order valence-corrected chi connectivity index (χ1v) is 11.5. The van der Waals surface area contributed by atoms with Gasteiger partial charge in [0.2, 0.25) is 5.78 Å². The van der Waals surface area contributed by atoms with Gasteiger partial charge in [0.05, 0.1) is 30.7 Å². The van der Waals surface area contributed by atoms with Gasteiger partial charge in [0.25, 0.3) is 0 Å². The maximum Gasteiger partial charge on any atom is 0.215 e. The smallest absolute Gasteiger partial charge is 0.215 e. The molecule has 0 bridgehead atoms. The summed E-state index contributed by atoms with van der Waals surface area (Å²) in [5.41, 5.74) is 1.82. The number of hydrogen-bond acceptors (Lipinski definition) is 6. The first kappa shape index (κ1) is 20.4. The lowest BCUT2D eigenvalue weighted by molar-refractivity contribution is -0.119. The van der Waals surface area contributed by atoms with Crippen molar-refractivity contribution in [3.63, 3.8) is 0 Å². The number of carbonyl (C=O) groups is 1. The standard InChI is InChI=1S/C23H30N2O3S/c1-24-19-11-16-29-23(19)21(26)22(27-2)20(24)17-7-9-18(10-8-17)28-15-6-14-25-12-4-3-5-13-25/h7-11,16,19,23H,3-6,12-15H2,1-2H3. The zero-order chi connectivity index (χ0) is 20.2. The normalized spacial score (nSPS) is 24.8. The largest absolute Gasteiger partial charge is 0.494 e. The van der Waals surface area contributed by atoms with E-state index in [1.54, 1.807) is 18.9 Å². The third-order valence-electron chi connectivity index (χ3n) is 5.98. The van der Waals surface area contributed by atoms with Crippen LogP contribution in [0.3, 0.4) is 0 Å². The molecule has 3 aliphatic rings. The Balaban J connectivity index is 1.39. The minimum atomic E-state index is -0.110. The molecule has 0 N–H and O–H groups in total. The van der Waals surface area contributed by atoms with E-state index in [2.05, 4.69) is 15.9 Å². The molecule has 3 heterocycles. The summed E-state index contributed by atoms with van der Waals surface area (Å²) in [5, 5.41) is 1.90. The molecule has 156 valence electrons. The van der Waals surface area contributed by atoms with E-state index in [9.17, 15) is 4.79 Å². The average Bonchev–Trinajstić information content (AvgIpc) is 3.26. The zero-order valence-corrected chi connectivity index (χ0v) is 18.1. The second kappa shape index (κ2) is 9.26. The van der Waals surface area contributed by atoms with Gasteiger partial charge in [-0.1, -0.05) is 12.5 Å². The topological polar surface area (TPSA) is 42.0 Å². The first-order chi connectivity index (χ1) is 14.2. The Bertz CT molecular complexity index is 784. The van der Waals surface area contributed by atoms with Gasteiger partial charge < -0.3 is 19.3 Å². The Morgan fingerprint density at radius 3 is 2.62 bits per heavy atom. The molecular formula is C23H30N2O3S. The summed E-state index contributed by atoms with van der Waals surface area (Å²) in [5.74, 6) is 1.38. The maximum absolute atomic E-state index is 12.8. The van der Waals surface area contributed by atoms with Crippen molar-refractivity contribution in [1.82, 2.24) is 9.80 Å². The molecule has 1 saturated heterocycles. The van der Waals surface area contributed by atoms with Crippen molar-refractivity contribution in [2.75, 3.05) is 40.4 Å². The summed E-state index contributed by atoms with van der Waals surface area (Å²) in [6.07, 6.45) is 7.17. The molecule has 0 saturated carbocycles. The Morgan fingerprint density at radius 2 is 1.90 bits per heavy atom. The number of ketones is 1. The Labute approximate surface area is 177 Å². The molecule has 6 heteroatoms. The predicted molar refractivity (Wildman–Crippen MR) is 118 cm³/mol. The number of carbonyl (C=O) groups excluding carboxylic acids is 1. The van der Waals surface area contributed by atoms with Crippen LogP contribution >= 0.6 is 11.8 Å². The highest BCUT2D eigenvalue weighted by molar-refractivity contribution is 8.03. The number of nitrogens with zero attached hydrogens (tertiary/aromatic N) is 2. The van der Waals surface area contributed by atoms with Crippen LogP contribution in [0.1, 0.15) is 31.2 Å². The number of allylic oxidation sites excluding steroid dienone is 1. The van der Waals surface area contributed by atoms with E-state index in [1.807, 2.05) is 36.7 Å². The number of rotatable bonds is 7. The van der Waals surface area contributed by atoms with Crippen molar-refractivity contribution in [3.05, 3.63) is 47.1 Å². The third kappa shape index (κ3) is 4.33. The van der Waals surface area contributed by atoms with E-state index in [0.717, 1.165) is 36.6 Å². The lowest BCUT2D eigenvalue weighted by atomic mass is 9.96. The molecule has 4 rings (SSSR count). The number of ether oxygens (including phenoxy) is 2. The minimum absolute atomic E-state index is 0.0682. The van der Waals surface area contributed by atoms with Crippen LogP contribution in [0.2, 0.25) is 0 Å². The van der Waals surface area contributed by atoms with Crippen LogP contribution in [-0.4, -0.2) is 67.3 Å². The Hall–Kier alpha value is -1.92. The maximum atomic E-state index is 12.8. The van der Waals surface area contributed by atoms with Gasteiger partial charge in [-0.15, -0.1) is 11.8 Å². The highest BCUT2D eigenvalue weighted by Gasteiger charge is 2.42. The lowest BCUT2D eigenvalue weighted by Crippen LogP contribution is -2.45. The number of likely N-dealkylation sites (tertiary alicyclic amines) is 1. The van der Waals surface area contributed by atoms with E-state index in [4.69, 9.17) is 9.47 Å². The molecule has 2 atom stereocenters. The number of hydrogen-bond donors (Lipinski definition) is 0. The molecular weight excluding hydrogens is 384 g/mol. The van der Waals surface area contributed by atoms with Crippen molar-refractivity contribution < 1.29 is 14.3 Å². The van der Waals surface area contributed by atoms with Gasteiger partial charge in [-0.25, -0.2) is 0 Å². The van der Waals surface area contributed by atoms with E-state index in [-0.39, 0.29) is 17.1 Å². The third-order valence-corrected chi connectivity index (χ3v) is 7.08. The van der Waals surface area contributed by atoms with Crippen LogP contribution in [0, 0.1) is 0 Å². The molecule has 1 aromatic rings. The molecule has 29 heavy (non-hydrogen) atoms. The molecule has 0 radical (unpaired) electrons. The van der Waals surface area contributed by atoms with Crippen molar-refractivity contribution >= 4 is 23.2 Å². The quantitative estimate of drug-likeness (QED) is 0.633. The van der Waals surface area contributed by atoms with E-state index >= 15 is 0 Å². The lowest BCUT2D eigenvalue weighted by Gasteiger charge is -2.37. The first-order valence-electron chi connectivity index (χ1n) is 10.5. The molecule has 0 aliphatic carbocycles. The SMILES string of the molecule is COC1=C(c2ccc(OCCCN3CCCCC3)cc2)N(C)C2C=CSC2C1=O. The summed E-state index contributed by atoms with van der Waals surface area (Å²) < 4.78 is 11.5. The number of fused-ring (bicyclic) bond motifs is 1. The number of methoxy groups -OCH3 is 1. The second-order valence-corrected chi connectivity index (χ2v) is 8.91. The van der Waals surface area contributed by atoms with Gasteiger partial charge in [0.1, 0.15) is 5.75 Å². The van der Waals surface area contributed by atoms with Crippen LogP contribution in [-0.2, 0) is 9.53 Å². The highest BCUT2D eigenvalue weighted by atomic mass is 32.2. The molecule has 3 aliphatic heterocycles. The molecule has 0 aromatic heterocycles. The number of piperidine rings is 1. The van der Waals surface area contributed by atoms with Gasteiger partial charge in [-0.05, 0) is 62.0 Å². The van der Waals surface area contributed by atoms with Crippen molar-refractivity contribution in [1.29, 1.82) is 0 Å². The van der Waals surface area contributed by atoms with Crippen LogP contribution < -0.4 is 4.74 Å². The van der Waals surface area contributed by atoms with E-state index in [0.29, 0.717) is 5.76 Å². The van der Waals surface area contributed by atoms with Crippen molar-refractivity contribution in [2.45, 2.75) is 37.0 Å². The molecule has 1 aromatic carbocycles. The molecule has 5 nitrogen and oxygen atoms in total. The highest BCUT2D eigenvalue weighted by Crippen LogP contribution is 2.40. The van der Waals surface area contributed by atoms with Gasteiger partial charge in [0, 0.05) is 19.2 Å². The fraction of sp³-hybridized carbons (Fsp3) is 0.522. The number of likely N-dealkylation sites (N-methyl/N-ethyl adjacent to an activating group) is 1. The van der Waals surface area contributed by atoms with Crippen LogP contribution in [0.4, 0.5) is 0 Å². The van der Waals surface area contributed by atoms with Crippen LogP contribution in [0.5, 0.6) is 5.75 Å². The predicted octanol–water partition coefficient (Wildman–Crippen LogP) is 3.77. The van der Waals surface area contributed by atoms with E-state index in [1.165, 1.54) is 32.4 Å². The molecule has 1 fully saturated rings. The fourth-order valence-electron chi connectivity index (χ4n) is 4.40. The van der Waals surface area contributed by atoms with Gasteiger partial charge in [-0.2, -0.15) is 0 Å². The number of Topliss-reactive ketones (excluding diaryl/α,β-unsaturated/α-hetero) is 1. The Morgan fingerprint density at radius 1 is 1.14 bits per heavy atom. The summed E-state index contributed by atoms with van der Waals surface area (Å²) in [7, 11) is 3.61. The van der Waals surface area contributed by atoms with Gasteiger partial charge >= 0.3 is 0 Å². The fourth-order valence-corrected chi connectivity index (χ4v) is 5.48.